The molecular formula is C12H10N2O3S2. The van der Waals surface area contributed by atoms with Gasteiger partial charge in [-0.25, -0.2) is 4.98 Å². The quantitative estimate of drug-likeness (QED) is 0.921. The Bertz CT molecular complexity index is 625. The Balaban J connectivity index is 1.63. The molecule has 1 aromatic heterocycles. The molecule has 4 rings (SSSR count). The second-order valence-corrected chi connectivity index (χ2v) is 6.52. The molecule has 0 radical (unpaired) electrons. The SMILES string of the molecule is O=C(Nc1nc2cc3c(cc2s1)OCO3)C1CSC1. The maximum Gasteiger partial charge on any atom is 0.231 e. The molecule has 0 saturated carbocycles. The van der Waals surface area contributed by atoms with Gasteiger partial charge in [0.15, 0.2) is 16.6 Å². The molecule has 0 bridgehead atoms. The molecule has 2 aliphatic heterocycles. The van der Waals surface area contributed by atoms with Crippen LogP contribution in [0.25, 0.3) is 10.2 Å². The van der Waals surface area contributed by atoms with Gasteiger partial charge in [-0.2, -0.15) is 11.8 Å². The molecule has 5 nitrogen and oxygen atoms in total. The molecule has 2 aromatic rings. The summed E-state index contributed by atoms with van der Waals surface area (Å²) in [6.07, 6.45) is 0. The second kappa shape index (κ2) is 4.28. The molecular weight excluding hydrogens is 284 g/mol. The van der Waals surface area contributed by atoms with Gasteiger partial charge in [-0.15, -0.1) is 0 Å². The van der Waals surface area contributed by atoms with Gasteiger partial charge in [-0.1, -0.05) is 11.3 Å². The first-order chi connectivity index (χ1) is 9.29. The number of hydrogen-bond acceptors (Lipinski definition) is 6. The smallest absolute Gasteiger partial charge is 0.231 e. The van der Waals surface area contributed by atoms with E-state index in [9.17, 15) is 4.79 Å². The van der Waals surface area contributed by atoms with Crippen molar-refractivity contribution in [1.82, 2.24) is 4.98 Å². The highest BCUT2D eigenvalue weighted by Gasteiger charge is 2.26. The molecule has 1 saturated heterocycles. The van der Waals surface area contributed by atoms with Gasteiger partial charge in [0, 0.05) is 23.6 Å². The average molecular weight is 294 g/mol. The number of thioether (sulfide) groups is 1. The standard InChI is InChI=1S/C12H10N2O3S2/c15-11(6-3-18-4-6)14-12-13-7-1-8-9(17-5-16-8)2-10(7)19-12/h1-2,6H,3-5H2,(H,13,14,15). The summed E-state index contributed by atoms with van der Waals surface area (Å²) in [6.45, 7) is 0.259. The van der Waals surface area contributed by atoms with Crippen LogP contribution in [0.5, 0.6) is 11.5 Å². The van der Waals surface area contributed by atoms with Crippen LogP contribution in [0.3, 0.4) is 0 Å². The minimum absolute atomic E-state index is 0.0675. The third kappa shape index (κ3) is 1.93. The lowest BCUT2D eigenvalue weighted by atomic mass is 10.2. The Hall–Kier alpha value is -1.47. The summed E-state index contributed by atoms with van der Waals surface area (Å²) in [5.41, 5.74) is 0.826. The fraction of sp³-hybridized carbons (Fsp3) is 0.333. The number of nitrogens with zero attached hydrogens (tertiary/aromatic N) is 1. The molecule has 0 unspecified atom stereocenters. The highest BCUT2D eigenvalue weighted by atomic mass is 32.2. The number of anilines is 1. The first-order valence-corrected chi connectivity index (χ1v) is 7.85. The van der Waals surface area contributed by atoms with Crippen LogP contribution in [0.2, 0.25) is 0 Å². The lowest BCUT2D eigenvalue weighted by molar-refractivity contribution is -0.118. The van der Waals surface area contributed by atoms with E-state index in [1.54, 1.807) is 11.8 Å². The Kier molecular flexibility index (Phi) is 2.56. The van der Waals surface area contributed by atoms with Crippen molar-refractivity contribution in [3.8, 4) is 11.5 Å². The number of fused-ring (bicyclic) bond motifs is 2. The summed E-state index contributed by atoms with van der Waals surface area (Å²) in [7, 11) is 0. The third-order valence-corrected chi connectivity index (χ3v) is 5.33. The number of aromatic nitrogens is 1. The summed E-state index contributed by atoms with van der Waals surface area (Å²) in [5.74, 6) is 3.47. The van der Waals surface area contributed by atoms with Crippen molar-refractivity contribution in [3.63, 3.8) is 0 Å². The number of thiazole rings is 1. The molecule has 98 valence electrons. The van der Waals surface area contributed by atoms with Crippen molar-refractivity contribution >= 4 is 44.4 Å². The maximum absolute atomic E-state index is 11.9. The van der Waals surface area contributed by atoms with Crippen LogP contribution in [0.4, 0.5) is 5.13 Å². The maximum atomic E-state index is 11.9. The van der Waals surface area contributed by atoms with Crippen molar-refractivity contribution in [2.75, 3.05) is 23.6 Å². The summed E-state index contributed by atoms with van der Waals surface area (Å²) in [4.78, 5) is 16.3. The molecule has 19 heavy (non-hydrogen) atoms. The zero-order valence-electron chi connectivity index (χ0n) is 9.84. The van der Waals surface area contributed by atoms with E-state index >= 15 is 0 Å². The fourth-order valence-corrected chi connectivity index (χ4v) is 3.62. The van der Waals surface area contributed by atoms with Gasteiger partial charge in [0.05, 0.1) is 16.1 Å². The molecule has 1 aromatic carbocycles. The van der Waals surface area contributed by atoms with Gasteiger partial charge in [-0.05, 0) is 0 Å². The van der Waals surface area contributed by atoms with Gasteiger partial charge in [0.25, 0.3) is 0 Å². The van der Waals surface area contributed by atoms with Crippen molar-refractivity contribution in [1.29, 1.82) is 0 Å². The Labute approximate surface area is 117 Å². The Morgan fingerprint density at radius 3 is 2.84 bits per heavy atom. The third-order valence-electron chi connectivity index (χ3n) is 3.12. The van der Waals surface area contributed by atoms with Crippen molar-refractivity contribution < 1.29 is 14.3 Å². The number of carbonyl (C=O) groups excluding carboxylic acids is 1. The van der Waals surface area contributed by atoms with Crippen LogP contribution in [0, 0.1) is 5.92 Å². The van der Waals surface area contributed by atoms with Gasteiger partial charge in [0.1, 0.15) is 0 Å². The molecule has 7 heteroatoms. The second-order valence-electron chi connectivity index (χ2n) is 4.42. The molecule has 1 N–H and O–H groups in total. The first-order valence-electron chi connectivity index (χ1n) is 5.88. The van der Waals surface area contributed by atoms with E-state index in [0.29, 0.717) is 10.9 Å². The van der Waals surface area contributed by atoms with Crippen LogP contribution in [0.1, 0.15) is 0 Å². The number of rotatable bonds is 2. The lowest BCUT2D eigenvalue weighted by Crippen LogP contribution is -2.32. The van der Waals surface area contributed by atoms with Crippen LogP contribution in [0.15, 0.2) is 12.1 Å². The van der Waals surface area contributed by atoms with Crippen molar-refractivity contribution in [3.05, 3.63) is 12.1 Å². The minimum atomic E-state index is 0.0675. The summed E-state index contributed by atoms with van der Waals surface area (Å²) < 4.78 is 11.6. The van der Waals surface area contributed by atoms with E-state index in [1.807, 2.05) is 12.1 Å². The van der Waals surface area contributed by atoms with Crippen LogP contribution < -0.4 is 14.8 Å². The van der Waals surface area contributed by atoms with Gasteiger partial charge in [0.2, 0.25) is 12.7 Å². The predicted molar refractivity (Wildman–Crippen MR) is 75.2 cm³/mol. The fourth-order valence-electron chi connectivity index (χ4n) is 1.97. The van der Waals surface area contributed by atoms with Crippen molar-refractivity contribution in [2.24, 2.45) is 5.92 Å². The predicted octanol–water partition coefficient (Wildman–Crippen LogP) is 2.33. The molecule has 1 fully saturated rings. The largest absolute Gasteiger partial charge is 0.454 e. The zero-order valence-corrected chi connectivity index (χ0v) is 11.5. The molecule has 0 atom stereocenters. The normalized spacial score (nSPS) is 17.5. The van der Waals surface area contributed by atoms with E-state index in [2.05, 4.69) is 10.3 Å². The number of amides is 1. The number of nitrogens with one attached hydrogen (secondary N) is 1. The topological polar surface area (TPSA) is 60.5 Å². The number of hydrogen-bond donors (Lipinski definition) is 1. The molecule has 0 aliphatic carbocycles. The van der Waals surface area contributed by atoms with E-state index in [-0.39, 0.29) is 18.6 Å². The molecule has 2 aliphatic rings. The van der Waals surface area contributed by atoms with Crippen LogP contribution in [-0.2, 0) is 4.79 Å². The minimum Gasteiger partial charge on any atom is -0.454 e. The monoisotopic (exact) mass is 294 g/mol. The highest BCUT2D eigenvalue weighted by Crippen LogP contribution is 2.39. The van der Waals surface area contributed by atoms with E-state index in [4.69, 9.17) is 9.47 Å². The molecule has 1 amide bonds. The number of carbonyl (C=O) groups is 1. The Morgan fingerprint density at radius 1 is 1.32 bits per heavy atom. The van der Waals surface area contributed by atoms with Gasteiger partial charge < -0.3 is 14.8 Å². The van der Waals surface area contributed by atoms with Gasteiger partial charge in [-0.3, -0.25) is 4.79 Å². The summed E-state index contributed by atoms with van der Waals surface area (Å²) in [6, 6.07) is 3.76. The van der Waals surface area contributed by atoms with E-state index < -0.39 is 0 Å². The van der Waals surface area contributed by atoms with E-state index in [0.717, 1.165) is 27.5 Å². The zero-order chi connectivity index (χ0) is 12.8. The summed E-state index contributed by atoms with van der Waals surface area (Å²) >= 11 is 3.25. The lowest BCUT2D eigenvalue weighted by Gasteiger charge is -2.22. The highest BCUT2D eigenvalue weighted by molar-refractivity contribution is 8.00. The Morgan fingerprint density at radius 2 is 2.11 bits per heavy atom. The van der Waals surface area contributed by atoms with Crippen LogP contribution >= 0.6 is 23.1 Å². The van der Waals surface area contributed by atoms with E-state index in [1.165, 1.54) is 11.3 Å². The van der Waals surface area contributed by atoms with Crippen LogP contribution in [-0.4, -0.2) is 29.2 Å². The molecule has 3 heterocycles. The summed E-state index contributed by atoms with van der Waals surface area (Å²) in [5, 5.41) is 3.52. The number of ether oxygens (including phenoxy) is 2. The van der Waals surface area contributed by atoms with Gasteiger partial charge >= 0.3 is 0 Å². The average Bonchev–Trinajstić information content (AvgIpc) is 2.87. The molecule has 0 spiro atoms. The van der Waals surface area contributed by atoms with Crippen molar-refractivity contribution in [2.45, 2.75) is 0 Å². The first kappa shape index (κ1) is 11.4. The number of benzene rings is 1.